The van der Waals surface area contributed by atoms with Crippen molar-refractivity contribution in [2.45, 2.75) is 12.8 Å². The number of H-pyrrole nitrogens is 1. The maximum atomic E-state index is 12.4. The monoisotopic (exact) mass is 378 g/mol. The molecule has 5 rings (SSSR count). The van der Waals surface area contributed by atoms with Crippen molar-refractivity contribution in [3.8, 4) is 0 Å². The topological polar surface area (TPSA) is 94.1 Å². The van der Waals surface area contributed by atoms with Crippen molar-refractivity contribution in [2.24, 2.45) is 0 Å². The molecule has 2 aromatic heterocycles. The van der Waals surface area contributed by atoms with E-state index in [0.717, 1.165) is 48.6 Å². The second kappa shape index (κ2) is 7.06. The van der Waals surface area contributed by atoms with Gasteiger partial charge in [0, 0.05) is 50.3 Å². The lowest BCUT2D eigenvalue weighted by atomic mass is 10.1. The van der Waals surface area contributed by atoms with Crippen molar-refractivity contribution >= 4 is 28.3 Å². The Bertz CT molecular complexity index is 975. The van der Waals surface area contributed by atoms with Crippen LogP contribution >= 0.6 is 0 Å². The third kappa shape index (κ3) is 3.02. The molecule has 0 aliphatic carbocycles. The number of aromatic nitrogens is 5. The standard InChI is InChI=1S/C19H22N8O/c28-19(17-21-13-23-24-17)27-9-7-25(8-10-27)14-3-4-16-15(11-14)18(22-12-20-16)26-5-1-2-6-26/h3-4,11-13H,1-2,5-10H2,(H,21,23,24). The number of rotatable bonds is 3. The maximum Gasteiger partial charge on any atom is 0.291 e. The van der Waals surface area contributed by atoms with Crippen LogP contribution in [0.1, 0.15) is 23.5 Å². The van der Waals surface area contributed by atoms with Crippen molar-refractivity contribution in [3.63, 3.8) is 0 Å². The van der Waals surface area contributed by atoms with E-state index in [1.807, 2.05) is 4.90 Å². The van der Waals surface area contributed by atoms with E-state index < -0.39 is 0 Å². The molecule has 2 aliphatic rings. The minimum Gasteiger partial charge on any atom is -0.368 e. The zero-order chi connectivity index (χ0) is 18.9. The third-order valence-corrected chi connectivity index (χ3v) is 5.55. The number of fused-ring (bicyclic) bond motifs is 1. The Labute approximate surface area is 162 Å². The van der Waals surface area contributed by atoms with Gasteiger partial charge in [0.05, 0.1) is 5.52 Å². The highest BCUT2D eigenvalue weighted by Crippen LogP contribution is 2.30. The lowest BCUT2D eigenvalue weighted by Crippen LogP contribution is -2.49. The molecule has 1 amide bonds. The van der Waals surface area contributed by atoms with Gasteiger partial charge in [-0.1, -0.05) is 0 Å². The summed E-state index contributed by atoms with van der Waals surface area (Å²) >= 11 is 0. The zero-order valence-corrected chi connectivity index (χ0v) is 15.6. The summed E-state index contributed by atoms with van der Waals surface area (Å²) in [6, 6.07) is 6.37. The second-order valence-corrected chi connectivity index (χ2v) is 7.21. The first kappa shape index (κ1) is 16.9. The van der Waals surface area contributed by atoms with E-state index >= 15 is 0 Å². The van der Waals surface area contributed by atoms with Gasteiger partial charge >= 0.3 is 0 Å². The summed E-state index contributed by atoms with van der Waals surface area (Å²) in [5, 5.41) is 7.51. The highest BCUT2D eigenvalue weighted by Gasteiger charge is 2.24. The Morgan fingerprint density at radius 1 is 0.893 bits per heavy atom. The number of nitrogens with one attached hydrogen (secondary N) is 1. The predicted octanol–water partition coefficient (Wildman–Crippen LogP) is 1.31. The largest absolute Gasteiger partial charge is 0.368 e. The summed E-state index contributed by atoms with van der Waals surface area (Å²) in [5.74, 6) is 1.23. The van der Waals surface area contributed by atoms with Crippen LogP contribution in [0.25, 0.3) is 10.9 Å². The predicted molar refractivity (Wildman–Crippen MR) is 105 cm³/mol. The fourth-order valence-corrected chi connectivity index (χ4v) is 4.03. The van der Waals surface area contributed by atoms with Crippen LogP contribution in [-0.4, -0.2) is 75.2 Å². The average Bonchev–Trinajstić information content (AvgIpc) is 3.47. The van der Waals surface area contributed by atoms with E-state index in [1.54, 1.807) is 6.33 Å². The number of benzene rings is 1. The minimum atomic E-state index is -0.0969. The van der Waals surface area contributed by atoms with Crippen molar-refractivity contribution in [3.05, 3.63) is 36.7 Å². The number of carbonyl (C=O) groups excluding carboxylic acids is 1. The second-order valence-electron chi connectivity index (χ2n) is 7.21. The summed E-state index contributed by atoms with van der Waals surface area (Å²) < 4.78 is 0. The van der Waals surface area contributed by atoms with Gasteiger partial charge < -0.3 is 14.7 Å². The molecule has 0 bridgehead atoms. The van der Waals surface area contributed by atoms with E-state index in [4.69, 9.17) is 0 Å². The van der Waals surface area contributed by atoms with E-state index in [-0.39, 0.29) is 5.91 Å². The lowest BCUT2D eigenvalue weighted by molar-refractivity contribution is 0.0735. The summed E-state index contributed by atoms with van der Waals surface area (Å²) in [6.45, 7) is 4.97. The van der Waals surface area contributed by atoms with Crippen molar-refractivity contribution < 1.29 is 4.79 Å². The first-order valence-electron chi connectivity index (χ1n) is 9.69. The summed E-state index contributed by atoms with van der Waals surface area (Å²) in [6.07, 6.45) is 5.45. The molecule has 144 valence electrons. The van der Waals surface area contributed by atoms with Crippen molar-refractivity contribution in [2.75, 3.05) is 49.1 Å². The first-order valence-corrected chi connectivity index (χ1v) is 9.69. The van der Waals surface area contributed by atoms with E-state index in [9.17, 15) is 4.79 Å². The Balaban J connectivity index is 1.35. The van der Waals surface area contributed by atoms with Gasteiger partial charge in [0.2, 0.25) is 5.82 Å². The molecule has 0 unspecified atom stereocenters. The number of amides is 1. The molecule has 2 saturated heterocycles. The molecule has 1 aromatic carbocycles. The van der Waals surface area contributed by atoms with E-state index in [0.29, 0.717) is 18.9 Å². The number of piperazine rings is 1. The number of carbonyl (C=O) groups is 1. The van der Waals surface area contributed by atoms with Crippen LogP contribution in [0.4, 0.5) is 11.5 Å². The third-order valence-electron chi connectivity index (χ3n) is 5.55. The van der Waals surface area contributed by atoms with Crippen LogP contribution in [0.15, 0.2) is 30.9 Å². The highest BCUT2D eigenvalue weighted by atomic mass is 16.2. The van der Waals surface area contributed by atoms with Gasteiger partial charge in [0.1, 0.15) is 18.5 Å². The van der Waals surface area contributed by atoms with E-state index in [1.165, 1.54) is 19.2 Å². The molecular formula is C19H22N8O. The smallest absolute Gasteiger partial charge is 0.291 e. The van der Waals surface area contributed by atoms with Crippen molar-refractivity contribution in [1.82, 2.24) is 30.0 Å². The molecule has 0 spiro atoms. The quantitative estimate of drug-likeness (QED) is 0.734. The average molecular weight is 378 g/mol. The van der Waals surface area contributed by atoms with Gasteiger partial charge in [-0.2, -0.15) is 5.10 Å². The molecular weight excluding hydrogens is 356 g/mol. The van der Waals surface area contributed by atoms with Crippen LogP contribution in [-0.2, 0) is 0 Å². The number of nitrogens with zero attached hydrogens (tertiary/aromatic N) is 7. The number of anilines is 2. The fraction of sp³-hybridized carbons (Fsp3) is 0.421. The van der Waals surface area contributed by atoms with Crippen LogP contribution in [0.2, 0.25) is 0 Å². The van der Waals surface area contributed by atoms with Crippen LogP contribution in [0, 0.1) is 0 Å². The van der Waals surface area contributed by atoms with Crippen molar-refractivity contribution in [1.29, 1.82) is 0 Å². The highest BCUT2D eigenvalue weighted by molar-refractivity contribution is 5.92. The van der Waals surface area contributed by atoms with E-state index in [2.05, 4.69) is 53.1 Å². The number of aromatic amines is 1. The SMILES string of the molecule is O=C(c1ncn[nH]1)N1CCN(c2ccc3ncnc(N4CCCC4)c3c2)CC1. The van der Waals surface area contributed by atoms with Gasteiger partial charge in [-0.05, 0) is 31.0 Å². The van der Waals surface area contributed by atoms with Gasteiger partial charge in [-0.3, -0.25) is 9.89 Å². The Morgan fingerprint density at radius 2 is 1.71 bits per heavy atom. The fourth-order valence-electron chi connectivity index (χ4n) is 4.03. The Morgan fingerprint density at radius 3 is 2.46 bits per heavy atom. The number of hydrogen-bond donors (Lipinski definition) is 1. The normalized spacial score (nSPS) is 17.5. The molecule has 9 heteroatoms. The maximum absolute atomic E-state index is 12.4. The summed E-state index contributed by atoms with van der Waals surface area (Å²) in [7, 11) is 0. The van der Waals surface area contributed by atoms with Crippen LogP contribution in [0.5, 0.6) is 0 Å². The molecule has 2 aliphatic heterocycles. The lowest BCUT2D eigenvalue weighted by Gasteiger charge is -2.35. The Hall–Kier alpha value is -3.23. The molecule has 9 nitrogen and oxygen atoms in total. The van der Waals surface area contributed by atoms with Gasteiger partial charge in [-0.15, -0.1) is 0 Å². The molecule has 4 heterocycles. The summed E-state index contributed by atoms with van der Waals surface area (Å²) in [5.41, 5.74) is 2.12. The zero-order valence-electron chi connectivity index (χ0n) is 15.6. The van der Waals surface area contributed by atoms with Gasteiger partial charge in [0.25, 0.3) is 5.91 Å². The number of hydrogen-bond acceptors (Lipinski definition) is 7. The molecule has 1 N–H and O–H groups in total. The molecule has 2 fully saturated rings. The molecule has 0 saturated carbocycles. The van der Waals surface area contributed by atoms with Gasteiger partial charge in [0.15, 0.2) is 0 Å². The molecule has 28 heavy (non-hydrogen) atoms. The Kier molecular flexibility index (Phi) is 4.27. The molecule has 0 radical (unpaired) electrons. The van der Waals surface area contributed by atoms with Crippen LogP contribution in [0.3, 0.4) is 0 Å². The minimum absolute atomic E-state index is 0.0969. The molecule has 0 atom stereocenters. The first-order chi connectivity index (χ1) is 13.8. The van der Waals surface area contributed by atoms with Gasteiger partial charge in [-0.25, -0.2) is 15.0 Å². The van der Waals surface area contributed by atoms with Crippen LogP contribution < -0.4 is 9.80 Å². The molecule has 3 aromatic rings. The summed E-state index contributed by atoms with van der Waals surface area (Å²) in [4.78, 5) is 31.9.